The Bertz CT molecular complexity index is 483. The largest absolute Gasteiger partial charge is 0.343 e. The summed E-state index contributed by atoms with van der Waals surface area (Å²) in [5.74, 6) is 0. The first-order chi connectivity index (χ1) is 6.83. The molecule has 2 rings (SSSR count). The first-order valence-electron chi connectivity index (χ1n) is 4.69. The predicted molar refractivity (Wildman–Crippen MR) is 56.2 cm³/mol. The van der Waals surface area contributed by atoms with Gasteiger partial charge in [0.05, 0.1) is 0 Å². The Hall–Kier alpha value is -1.55. The van der Waals surface area contributed by atoms with E-state index >= 15 is 0 Å². The quantitative estimate of drug-likeness (QED) is 0.749. The van der Waals surface area contributed by atoms with E-state index in [4.69, 9.17) is 5.73 Å². The molecule has 4 heteroatoms. The van der Waals surface area contributed by atoms with Crippen LogP contribution in [0.2, 0.25) is 0 Å². The lowest BCUT2D eigenvalue weighted by Crippen LogP contribution is -2.11. The SMILES string of the molecule is NCCCn1ccc2cc[nH]c(=O)c21. The highest BCUT2D eigenvalue weighted by Crippen LogP contribution is 2.10. The van der Waals surface area contributed by atoms with E-state index in [1.54, 1.807) is 6.20 Å². The number of nitrogens with one attached hydrogen (secondary N) is 1. The van der Waals surface area contributed by atoms with Crippen molar-refractivity contribution in [1.29, 1.82) is 0 Å². The van der Waals surface area contributed by atoms with Gasteiger partial charge in [-0.1, -0.05) is 0 Å². The van der Waals surface area contributed by atoms with Gasteiger partial charge in [0.15, 0.2) is 0 Å². The van der Waals surface area contributed by atoms with Crippen LogP contribution >= 0.6 is 0 Å². The van der Waals surface area contributed by atoms with E-state index in [1.807, 2.05) is 22.9 Å². The van der Waals surface area contributed by atoms with Crippen LogP contribution in [0.4, 0.5) is 0 Å². The van der Waals surface area contributed by atoms with Gasteiger partial charge in [0.2, 0.25) is 0 Å². The number of pyridine rings is 1. The zero-order chi connectivity index (χ0) is 9.97. The minimum Gasteiger partial charge on any atom is -0.343 e. The number of aromatic nitrogens is 2. The molecule has 2 aromatic rings. The van der Waals surface area contributed by atoms with E-state index in [1.165, 1.54) is 0 Å². The van der Waals surface area contributed by atoms with E-state index in [0.29, 0.717) is 6.54 Å². The molecule has 0 bridgehead atoms. The van der Waals surface area contributed by atoms with Crippen molar-refractivity contribution in [2.24, 2.45) is 5.73 Å². The van der Waals surface area contributed by atoms with Gasteiger partial charge < -0.3 is 15.3 Å². The molecule has 0 radical (unpaired) electrons. The molecule has 0 aliphatic rings. The molecular weight excluding hydrogens is 178 g/mol. The van der Waals surface area contributed by atoms with Gasteiger partial charge >= 0.3 is 0 Å². The van der Waals surface area contributed by atoms with Gasteiger partial charge in [-0.2, -0.15) is 0 Å². The molecule has 0 amide bonds. The molecule has 3 N–H and O–H groups in total. The number of H-pyrrole nitrogens is 1. The van der Waals surface area contributed by atoms with Crippen molar-refractivity contribution in [2.75, 3.05) is 6.54 Å². The zero-order valence-corrected chi connectivity index (χ0v) is 7.86. The lowest BCUT2D eigenvalue weighted by molar-refractivity contribution is 0.669. The minimum atomic E-state index is -0.0375. The van der Waals surface area contributed by atoms with Gasteiger partial charge in [-0.25, -0.2) is 0 Å². The van der Waals surface area contributed by atoms with Crippen LogP contribution in [0, 0.1) is 0 Å². The Labute approximate surface area is 81.3 Å². The molecule has 0 atom stereocenters. The van der Waals surface area contributed by atoms with Crippen molar-refractivity contribution in [1.82, 2.24) is 9.55 Å². The Morgan fingerprint density at radius 2 is 2.29 bits per heavy atom. The molecular formula is C10H13N3O. The molecule has 2 heterocycles. The van der Waals surface area contributed by atoms with Crippen molar-refractivity contribution in [2.45, 2.75) is 13.0 Å². The van der Waals surface area contributed by atoms with Crippen LogP contribution < -0.4 is 11.3 Å². The lowest BCUT2D eigenvalue weighted by atomic mass is 10.3. The minimum absolute atomic E-state index is 0.0375. The van der Waals surface area contributed by atoms with Crippen LogP contribution in [0.1, 0.15) is 6.42 Å². The average molecular weight is 191 g/mol. The molecule has 14 heavy (non-hydrogen) atoms. The third-order valence-corrected chi connectivity index (χ3v) is 2.29. The first-order valence-corrected chi connectivity index (χ1v) is 4.69. The van der Waals surface area contributed by atoms with Crippen molar-refractivity contribution < 1.29 is 0 Å². The second-order valence-corrected chi connectivity index (χ2v) is 3.26. The molecule has 0 unspecified atom stereocenters. The van der Waals surface area contributed by atoms with Crippen molar-refractivity contribution in [3.05, 3.63) is 34.9 Å². The number of hydrogen-bond acceptors (Lipinski definition) is 2. The van der Waals surface area contributed by atoms with Crippen LogP contribution in [-0.2, 0) is 6.54 Å². The summed E-state index contributed by atoms with van der Waals surface area (Å²) in [6, 6.07) is 3.84. The number of rotatable bonds is 3. The predicted octanol–water partition coefficient (Wildman–Crippen LogP) is 0.678. The zero-order valence-electron chi connectivity index (χ0n) is 7.86. The summed E-state index contributed by atoms with van der Waals surface area (Å²) in [6.07, 6.45) is 4.48. The molecule has 0 aromatic carbocycles. The lowest BCUT2D eigenvalue weighted by Gasteiger charge is -2.02. The molecule has 74 valence electrons. The van der Waals surface area contributed by atoms with Gasteiger partial charge in [-0.15, -0.1) is 0 Å². The first kappa shape index (κ1) is 9.02. The second kappa shape index (κ2) is 3.67. The number of nitrogens with zero attached hydrogens (tertiary/aromatic N) is 1. The van der Waals surface area contributed by atoms with Gasteiger partial charge in [-0.3, -0.25) is 4.79 Å². The van der Waals surface area contributed by atoms with Crippen LogP contribution in [-0.4, -0.2) is 16.1 Å². The number of aromatic amines is 1. The number of nitrogens with two attached hydrogens (primary N) is 1. The van der Waals surface area contributed by atoms with E-state index in [-0.39, 0.29) is 5.56 Å². The molecule has 0 fully saturated rings. The van der Waals surface area contributed by atoms with Crippen molar-refractivity contribution in [3.8, 4) is 0 Å². The van der Waals surface area contributed by atoms with Crippen LogP contribution in [0.15, 0.2) is 29.3 Å². The normalized spacial score (nSPS) is 10.9. The molecule has 0 spiro atoms. The summed E-state index contributed by atoms with van der Waals surface area (Å²) in [5, 5.41) is 0.978. The summed E-state index contributed by atoms with van der Waals surface area (Å²) in [5.41, 5.74) is 6.13. The Morgan fingerprint density at radius 1 is 1.43 bits per heavy atom. The molecule has 4 nitrogen and oxygen atoms in total. The molecule has 0 saturated heterocycles. The Kier molecular flexibility index (Phi) is 2.37. The van der Waals surface area contributed by atoms with Gasteiger partial charge in [0.1, 0.15) is 5.52 Å². The maximum absolute atomic E-state index is 11.5. The monoisotopic (exact) mass is 191 g/mol. The van der Waals surface area contributed by atoms with E-state index < -0.39 is 0 Å². The fourth-order valence-corrected chi connectivity index (χ4v) is 1.61. The molecule has 2 aromatic heterocycles. The second-order valence-electron chi connectivity index (χ2n) is 3.26. The third-order valence-electron chi connectivity index (χ3n) is 2.29. The van der Waals surface area contributed by atoms with Crippen LogP contribution in [0.3, 0.4) is 0 Å². The third kappa shape index (κ3) is 1.44. The standard InChI is InChI=1S/C10H13N3O/c11-4-1-6-13-7-3-8-2-5-12-10(14)9(8)13/h2-3,5,7H,1,4,6,11H2,(H,12,14). The summed E-state index contributed by atoms with van der Waals surface area (Å²) in [7, 11) is 0. The Balaban J connectivity index is 2.50. The van der Waals surface area contributed by atoms with E-state index in [2.05, 4.69) is 4.98 Å². The number of aryl methyl sites for hydroxylation is 1. The number of hydrogen-bond donors (Lipinski definition) is 2. The summed E-state index contributed by atoms with van der Waals surface area (Å²) in [4.78, 5) is 14.2. The van der Waals surface area contributed by atoms with Crippen molar-refractivity contribution in [3.63, 3.8) is 0 Å². The highest BCUT2D eigenvalue weighted by atomic mass is 16.1. The van der Waals surface area contributed by atoms with E-state index in [0.717, 1.165) is 23.9 Å². The average Bonchev–Trinajstić information content (AvgIpc) is 2.59. The van der Waals surface area contributed by atoms with Crippen LogP contribution in [0.5, 0.6) is 0 Å². The molecule has 0 aliphatic carbocycles. The van der Waals surface area contributed by atoms with Gasteiger partial charge in [-0.05, 0) is 25.1 Å². The highest BCUT2D eigenvalue weighted by Gasteiger charge is 2.03. The van der Waals surface area contributed by atoms with E-state index in [9.17, 15) is 4.79 Å². The van der Waals surface area contributed by atoms with Crippen LogP contribution in [0.25, 0.3) is 10.9 Å². The summed E-state index contributed by atoms with van der Waals surface area (Å²) in [6.45, 7) is 1.44. The molecule has 0 saturated carbocycles. The Morgan fingerprint density at radius 3 is 3.07 bits per heavy atom. The van der Waals surface area contributed by atoms with Gasteiger partial charge in [0, 0.05) is 24.3 Å². The summed E-state index contributed by atoms with van der Waals surface area (Å²) >= 11 is 0. The fourth-order valence-electron chi connectivity index (χ4n) is 1.61. The molecule has 0 aliphatic heterocycles. The fraction of sp³-hybridized carbons (Fsp3) is 0.300. The number of fused-ring (bicyclic) bond motifs is 1. The van der Waals surface area contributed by atoms with Gasteiger partial charge in [0.25, 0.3) is 5.56 Å². The highest BCUT2D eigenvalue weighted by molar-refractivity contribution is 5.78. The topological polar surface area (TPSA) is 63.8 Å². The smallest absolute Gasteiger partial charge is 0.272 e. The summed E-state index contributed by atoms with van der Waals surface area (Å²) < 4.78 is 1.95. The maximum atomic E-state index is 11.5. The maximum Gasteiger partial charge on any atom is 0.272 e. The van der Waals surface area contributed by atoms with Crippen molar-refractivity contribution >= 4 is 10.9 Å².